The van der Waals surface area contributed by atoms with E-state index in [1.165, 1.54) is 0 Å². The van der Waals surface area contributed by atoms with Crippen molar-refractivity contribution in [3.8, 4) is 10.6 Å². The number of aliphatic hydroxyl groups excluding tert-OH is 1. The molecule has 0 radical (unpaired) electrons. The maximum atomic E-state index is 9.14. The largest absolute Gasteiger partial charge is 0.392 e. The second-order valence-corrected chi connectivity index (χ2v) is 5.84. The van der Waals surface area contributed by atoms with Crippen LogP contribution >= 0.6 is 27.3 Å². The van der Waals surface area contributed by atoms with Gasteiger partial charge in [-0.05, 0) is 23.8 Å². The summed E-state index contributed by atoms with van der Waals surface area (Å²) in [7, 11) is 0. The Morgan fingerprint density at radius 3 is 2.78 bits per heavy atom. The van der Waals surface area contributed by atoms with Crippen LogP contribution in [0.25, 0.3) is 20.8 Å². The van der Waals surface area contributed by atoms with Gasteiger partial charge in [0, 0.05) is 10.0 Å². The van der Waals surface area contributed by atoms with Crippen LogP contribution in [0, 0.1) is 0 Å². The monoisotopic (exact) mass is 319 g/mol. The first kappa shape index (κ1) is 11.8. The molecule has 0 bridgehead atoms. The summed E-state index contributed by atoms with van der Waals surface area (Å²) in [6, 6.07) is 13.9. The van der Waals surface area contributed by atoms with Crippen molar-refractivity contribution < 1.29 is 5.11 Å². The van der Waals surface area contributed by atoms with E-state index in [0.29, 0.717) is 0 Å². The van der Waals surface area contributed by atoms with Crippen LogP contribution in [0.2, 0.25) is 0 Å². The van der Waals surface area contributed by atoms with Gasteiger partial charge in [-0.3, -0.25) is 0 Å². The van der Waals surface area contributed by atoms with Crippen LogP contribution in [0.1, 0.15) is 5.56 Å². The maximum absolute atomic E-state index is 9.14. The fourth-order valence-electron chi connectivity index (χ4n) is 1.82. The minimum Gasteiger partial charge on any atom is -0.392 e. The molecule has 1 heterocycles. The summed E-state index contributed by atoms with van der Waals surface area (Å²) in [5, 5.41) is 10.1. The van der Waals surface area contributed by atoms with E-state index in [1.54, 1.807) is 11.3 Å². The molecular formula is C14H10BrNOS. The highest BCUT2D eigenvalue weighted by molar-refractivity contribution is 9.10. The third kappa shape index (κ3) is 2.07. The van der Waals surface area contributed by atoms with E-state index in [1.807, 2.05) is 36.4 Å². The number of fused-ring (bicyclic) bond motifs is 1. The molecule has 0 saturated carbocycles. The van der Waals surface area contributed by atoms with Crippen molar-refractivity contribution >= 4 is 37.5 Å². The second kappa shape index (κ2) is 4.80. The number of rotatable bonds is 2. The number of aromatic nitrogens is 1. The summed E-state index contributed by atoms with van der Waals surface area (Å²) in [6.45, 7) is 0.0677. The number of halogens is 1. The van der Waals surface area contributed by atoms with E-state index in [4.69, 9.17) is 5.11 Å². The van der Waals surface area contributed by atoms with Crippen molar-refractivity contribution in [2.45, 2.75) is 6.61 Å². The molecule has 90 valence electrons. The summed E-state index contributed by atoms with van der Waals surface area (Å²) < 4.78 is 2.15. The van der Waals surface area contributed by atoms with Crippen molar-refractivity contribution in [2.75, 3.05) is 0 Å². The number of thiazole rings is 1. The van der Waals surface area contributed by atoms with Crippen LogP contribution in [-0.2, 0) is 6.61 Å². The molecule has 1 N–H and O–H groups in total. The minimum absolute atomic E-state index is 0.0677. The van der Waals surface area contributed by atoms with Crippen molar-refractivity contribution in [2.24, 2.45) is 0 Å². The molecule has 0 spiro atoms. The topological polar surface area (TPSA) is 33.1 Å². The molecular weight excluding hydrogens is 310 g/mol. The number of hydrogen-bond donors (Lipinski definition) is 1. The zero-order chi connectivity index (χ0) is 12.5. The lowest BCUT2D eigenvalue weighted by Gasteiger charge is -1.97. The molecule has 0 aliphatic carbocycles. The van der Waals surface area contributed by atoms with Gasteiger partial charge in [0.05, 0.1) is 16.8 Å². The molecule has 0 unspecified atom stereocenters. The molecule has 4 heteroatoms. The second-order valence-electron chi connectivity index (χ2n) is 3.96. The SMILES string of the molecule is OCc1ccc2nc(-c3ccccc3Br)sc2c1. The third-order valence-electron chi connectivity index (χ3n) is 2.74. The third-order valence-corrected chi connectivity index (χ3v) is 4.48. The molecule has 0 atom stereocenters. The molecule has 3 aromatic rings. The first-order valence-corrected chi connectivity index (χ1v) is 7.14. The molecule has 2 nitrogen and oxygen atoms in total. The zero-order valence-corrected chi connectivity index (χ0v) is 11.8. The summed E-state index contributed by atoms with van der Waals surface area (Å²) >= 11 is 5.19. The van der Waals surface area contributed by atoms with E-state index < -0.39 is 0 Å². The highest BCUT2D eigenvalue weighted by Crippen LogP contribution is 2.34. The van der Waals surface area contributed by atoms with Gasteiger partial charge >= 0.3 is 0 Å². The molecule has 3 rings (SSSR count). The molecule has 0 fully saturated rings. The Bertz CT molecular complexity index is 708. The normalized spacial score (nSPS) is 11.0. The predicted molar refractivity (Wildman–Crippen MR) is 78.7 cm³/mol. The van der Waals surface area contributed by atoms with E-state index in [-0.39, 0.29) is 6.61 Å². The van der Waals surface area contributed by atoms with Crippen molar-refractivity contribution in [3.63, 3.8) is 0 Å². The summed E-state index contributed by atoms with van der Waals surface area (Å²) in [6.07, 6.45) is 0. The maximum Gasteiger partial charge on any atom is 0.125 e. The van der Waals surface area contributed by atoms with Crippen molar-refractivity contribution in [1.82, 2.24) is 4.98 Å². The van der Waals surface area contributed by atoms with Gasteiger partial charge in [-0.25, -0.2) is 4.98 Å². The Hall–Kier alpha value is -1.23. The van der Waals surface area contributed by atoms with Crippen molar-refractivity contribution in [1.29, 1.82) is 0 Å². The Morgan fingerprint density at radius 2 is 2.00 bits per heavy atom. The Kier molecular flexibility index (Phi) is 3.16. The average molecular weight is 320 g/mol. The fraction of sp³-hybridized carbons (Fsp3) is 0.0714. The summed E-state index contributed by atoms with van der Waals surface area (Å²) in [5.74, 6) is 0. The molecule has 1 aromatic heterocycles. The van der Waals surface area contributed by atoms with Gasteiger partial charge in [0.1, 0.15) is 5.01 Å². The Balaban J connectivity index is 2.17. The lowest BCUT2D eigenvalue weighted by atomic mass is 10.2. The fourth-order valence-corrected chi connectivity index (χ4v) is 3.49. The Labute approximate surface area is 117 Å². The number of hydrogen-bond acceptors (Lipinski definition) is 3. The first-order valence-electron chi connectivity index (χ1n) is 5.53. The van der Waals surface area contributed by atoms with Crippen LogP contribution in [0.4, 0.5) is 0 Å². The van der Waals surface area contributed by atoms with Crippen LogP contribution in [0.15, 0.2) is 46.9 Å². The van der Waals surface area contributed by atoms with E-state index >= 15 is 0 Å². The lowest BCUT2D eigenvalue weighted by Crippen LogP contribution is -1.80. The highest BCUT2D eigenvalue weighted by atomic mass is 79.9. The number of benzene rings is 2. The molecule has 2 aromatic carbocycles. The van der Waals surface area contributed by atoms with Gasteiger partial charge < -0.3 is 5.11 Å². The van der Waals surface area contributed by atoms with E-state index in [2.05, 4.69) is 27.0 Å². The molecule has 0 aliphatic heterocycles. The zero-order valence-electron chi connectivity index (χ0n) is 9.43. The minimum atomic E-state index is 0.0677. The van der Waals surface area contributed by atoms with Gasteiger partial charge in [-0.2, -0.15) is 0 Å². The standard InChI is InChI=1S/C14H10BrNOS/c15-11-4-2-1-3-10(11)14-16-12-6-5-9(8-17)7-13(12)18-14/h1-7,17H,8H2. The van der Waals surface area contributed by atoms with E-state index in [9.17, 15) is 0 Å². The van der Waals surface area contributed by atoms with E-state index in [0.717, 1.165) is 30.8 Å². The van der Waals surface area contributed by atoms with Gasteiger partial charge in [0.25, 0.3) is 0 Å². The van der Waals surface area contributed by atoms with Gasteiger partial charge in [-0.1, -0.05) is 40.2 Å². The van der Waals surface area contributed by atoms with Crippen LogP contribution < -0.4 is 0 Å². The predicted octanol–water partition coefficient (Wildman–Crippen LogP) is 4.22. The quantitative estimate of drug-likeness (QED) is 0.767. The number of nitrogens with zero attached hydrogens (tertiary/aromatic N) is 1. The smallest absolute Gasteiger partial charge is 0.125 e. The molecule has 0 saturated heterocycles. The average Bonchev–Trinajstić information content (AvgIpc) is 2.81. The van der Waals surface area contributed by atoms with Crippen LogP contribution in [0.3, 0.4) is 0 Å². The Morgan fingerprint density at radius 1 is 1.17 bits per heavy atom. The van der Waals surface area contributed by atoms with Crippen LogP contribution in [0.5, 0.6) is 0 Å². The van der Waals surface area contributed by atoms with Gasteiger partial charge in [0.15, 0.2) is 0 Å². The number of aliphatic hydroxyl groups is 1. The van der Waals surface area contributed by atoms with Crippen LogP contribution in [-0.4, -0.2) is 10.1 Å². The lowest BCUT2D eigenvalue weighted by molar-refractivity contribution is 0.282. The summed E-state index contributed by atoms with van der Waals surface area (Å²) in [4.78, 5) is 4.63. The highest BCUT2D eigenvalue weighted by Gasteiger charge is 2.09. The van der Waals surface area contributed by atoms with Gasteiger partial charge in [-0.15, -0.1) is 11.3 Å². The van der Waals surface area contributed by atoms with Crippen molar-refractivity contribution in [3.05, 3.63) is 52.5 Å². The molecule has 18 heavy (non-hydrogen) atoms. The molecule has 0 aliphatic rings. The first-order chi connectivity index (χ1) is 8.78. The molecule has 0 amide bonds. The van der Waals surface area contributed by atoms with Gasteiger partial charge in [0.2, 0.25) is 0 Å². The summed E-state index contributed by atoms with van der Waals surface area (Å²) in [5.41, 5.74) is 3.00.